The third-order valence-corrected chi connectivity index (χ3v) is 4.45. The second-order valence-corrected chi connectivity index (χ2v) is 6.09. The van der Waals surface area contributed by atoms with Crippen molar-refractivity contribution < 1.29 is 14.3 Å². The average Bonchev–Trinajstić information content (AvgIpc) is 2.63. The largest absolute Gasteiger partial charge is 0.485 e. The van der Waals surface area contributed by atoms with Crippen LogP contribution >= 0.6 is 0 Å². The van der Waals surface area contributed by atoms with Crippen LogP contribution in [-0.2, 0) is 11.3 Å². The Morgan fingerprint density at radius 3 is 2.50 bits per heavy atom. The van der Waals surface area contributed by atoms with Crippen molar-refractivity contribution in [1.29, 1.82) is 0 Å². The fraction of sp³-hybridized carbons (Fsp3) is 0.238. The molecule has 2 aromatic carbocycles. The van der Waals surface area contributed by atoms with E-state index in [4.69, 9.17) is 4.74 Å². The van der Waals surface area contributed by atoms with Gasteiger partial charge in [-0.15, -0.1) is 0 Å². The van der Waals surface area contributed by atoms with Gasteiger partial charge in [-0.3, -0.25) is 9.59 Å². The van der Waals surface area contributed by atoms with E-state index >= 15 is 0 Å². The van der Waals surface area contributed by atoms with Crippen molar-refractivity contribution in [3.63, 3.8) is 0 Å². The molecular formula is C21H20O3. The molecule has 0 spiro atoms. The van der Waals surface area contributed by atoms with Crippen molar-refractivity contribution in [1.82, 2.24) is 0 Å². The highest BCUT2D eigenvalue weighted by atomic mass is 16.5. The minimum absolute atomic E-state index is 0.118. The molecule has 0 radical (unpaired) electrons. The number of ketones is 2. The van der Waals surface area contributed by atoms with Gasteiger partial charge < -0.3 is 4.74 Å². The Balaban J connectivity index is 1.76. The number of fused-ring (bicyclic) bond motifs is 1. The van der Waals surface area contributed by atoms with E-state index in [9.17, 15) is 9.59 Å². The van der Waals surface area contributed by atoms with Gasteiger partial charge in [-0.2, -0.15) is 0 Å². The van der Waals surface area contributed by atoms with Gasteiger partial charge in [0.2, 0.25) is 5.78 Å². The van der Waals surface area contributed by atoms with Crippen LogP contribution in [0.5, 0.6) is 0 Å². The maximum atomic E-state index is 12.5. The van der Waals surface area contributed by atoms with Gasteiger partial charge >= 0.3 is 0 Å². The summed E-state index contributed by atoms with van der Waals surface area (Å²) in [6, 6.07) is 15.0. The highest BCUT2D eigenvalue weighted by Crippen LogP contribution is 2.24. The number of hydrogen-bond acceptors (Lipinski definition) is 3. The number of rotatable bonds is 5. The minimum Gasteiger partial charge on any atom is -0.485 e. The van der Waals surface area contributed by atoms with Crippen LogP contribution in [0.1, 0.15) is 58.0 Å². The molecule has 0 saturated heterocycles. The highest BCUT2D eigenvalue weighted by Gasteiger charge is 2.26. The zero-order chi connectivity index (χ0) is 17.1. The van der Waals surface area contributed by atoms with Gasteiger partial charge in [0.05, 0.1) is 0 Å². The summed E-state index contributed by atoms with van der Waals surface area (Å²) in [6.07, 6.45) is 2.36. The molecule has 0 aliphatic heterocycles. The number of benzene rings is 2. The van der Waals surface area contributed by atoms with Crippen LogP contribution in [0.25, 0.3) is 0 Å². The van der Waals surface area contributed by atoms with E-state index in [-0.39, 0.29) is 23.9 Å². The molecule has 0 saturated carbocycles. The molecule has 1 atom stereocenters. The van der Waals surface area contributed by atoms with Crippen molar-refractivity contribution >= 4 is 11.6 Å². The molecule has 3 heteroatoms. The summed E-state index contributed by atoms with van der Waals surface area (Å²) in [5.74, 6) is 0.179. The molecule has 2 aromatic rings. The molecular weight excluding hydrogens is 300 g/mol. The van der Waals surface area contributed by atoms with E-state index in [0.29, 0.717) is 17.0 Å². The number of ether oxygens (including phenoxy) is 1. The third-order valence-electron chi connectivity index (χ3n) is 4.45. The molecule has 0 bridgehead atoms. The van der Waals surface area contributed by atoms with Crippen LogP contribution in [0.4, 0.5) is 0 Å². The van der Waals surface area contributed by atoms with Crippen LogP contribution in [-0.4, -0.2) is 11.6 Å². The lowest BCUT2D eigenvalue weighted by molar-refractivity contribution is 0.0870. The van der Waals surface area contributed by atoms with Crippen LogP contribution in [0.15, 0.2) is 60.4 Å². The molecule has 24 heavy (non-hydrogen) atoms. The molecule has 3 rings (SSSR count). The van der Waals surface area contributed by atoms with Gasteiger partial charge in [-0.1, -0.05) is 62.4 Å². The zero-order valence-electron chi connectivity index (χ0n) is 13.9. The number of hydrogen-bond donors (Lipinski definition) is 0. The van der Waals surface area contributed by atoms with Gasteiger partial charge in [0.15, 0.2) is 11.5 Å². The first-order valence-electron chi connectivity index (χ1n) is 8.21. The molecule has 3 nitrogen and oxygen atoms in total. The fourth-order valence-electron chi connectivity index (χ4n) is 2.78. The van der Waals surface area contributed by atoms with Crippen LogP contribution in [0.3, 0.4) is 0 Å². The lowest BCUT2D eigenvalue weighted by Crippen LogP contribution is -2.18. The van der Waals surface area contributed by atoms with Crippen molar-refractivity contribution in [2.24, 2.45) is 0 Å². The number of Topliss-reactive ketones (excluding diaryl/α,β-unsaturated/α-hetero) is 1. The minimum atomic E-state index is -0.233. The normalized spacial score (nSPS) is 14.8. The quantitative estimate of drug-likeness (QED) is 0.803. The summed E-state index contributed by atoms with van der Waals surface area (Å²) in [5.41, 5.74) is 3.10. The fourth-order valence-corrected chi connectivity index (χ4v) is 2.78. The first-order chi connectivity index (χ1) is 11.6. The SMILES string of the molecule is CCC(C)c1cccc(COC2=CC(=O)c3ccccc3C2=O)c1. The van der Waals surface area contributed by atoms with Crippen molar-refractivity contribution in [2.45, 2.75) is 32.8 Å². The predicted octanol–water partition coefficient (Wildman–Crippen LogP) is 4.68. The van der Waals surface area contributed by atoms with E-state index in [1.807, 2.05) is 12.1 Å². The molecule has 0 fully saturated rings. The lowest BCUT2D eigenvalue weighted by atomic mass is 9.94. The summed E-state index contributed by atoms with van der Waals surface area (Å²) >= 11 is 0. The van der Waals surface area contributed by atoms with Gasteiger partial charge in [-0.25, -0.2) is 0 Å². The molecule has 0 N–H and O–H groups in total. The number of allylic oxidation sites excluding steroid dienone is 2. The first kappa shape index (κ1) is 16.2. The Bertz CT molecular complexity index is 817. The second kappa shape index (κ2) is 6.83. The molecule has 122 valence electrons. The van der Waals surface area contributed by atoms with Crippen LogP contribution in [0.2, 0.25) is 0 Å². The lowest BCUT2D eigenvalue weighted by Gasteiger charge is -2.16. The summed E-state index contributed by atoms with van der Waals surface area (Å²) in [7, 11) is 0. The highest BCUT2D eigenvalue weighted by molar-refractivity contribution is 6.23. The van der Waals surface area contributed by atoms with Crippen molar-refractivity contribution in [3.05, 3.63) is 82.6 Å². The molecule has 0 aromatic heterocycles. The second-order valence-electron chi connectivity index (χ2n) is 6.09. The summed E-state index contributed by atoms with van der Waals surface area (Å²) < 4.78 is 5.67. The van der Waals surface area contributed by atoms with Gasteiger partial charge in [-0.05, 0) is 23.5 Å². The number of carbonyl (C=O) groups excluding carboxylic acids is 2. The molecule has 0 amide bonds. The predicted molar refractivity (Wildman–Crippen MR) is 93.1 cm³/mol. The average molecular weight is 320 g/mol. The monoisotopic (exact) mass is 320 g/mol. The number of carbonyl (C=O) groups is 2. The molecule has 1 aliphatic rings. The standard InChI is InChI=1S/C21H20O3/c1-3-14(2)16-8-6-7-15(11-16)13-24-20-12-19(22)17-9-4-5-10-18(17)21(20)23/h4-12,14H,3,13H2,1-2H3. The Kier molecular flexibility index (Phi) is 4.61. The van der Waals surface area contributed by atoms with E-state index in [1.165, 1.54) is 11.6 Å². The third kappa shape index (κ3) is 3.16. The summed E-state index contributed by atoms with van der Waals surface area (Å²) in [6.45, 7) is 4.61. The van der Waals surface area contributed by atoms with Gasteiger partial charge in [0.1, 0.15) is 6.61 Å². The Hall–Kier alpha value is -2.68. The van der Waals surface area contributed by atoms with Gasteiger partial charge in [0.25, 0.3) is 0 Å². The summed E-state index contributed by atoms with van der Waals surface area (Å²) in [4.78, 5) is 24.6. The van der Waals surface area contributed by atoms with E-state index in [1.54, 1.807) is 24.3 Å². The molecule has 1 unspecified atom stereocenters. The summed E-state index contributed by atoms with van der Waals surface area (Å²) in [5, 5.41) is 0. The zero-order valence-corrected chi connectivity index (χ0v) is 13.9. The first-order valence-corrected chi connectivity index (χ1v) is 8.21. The maximum Gasteiger partial charge on any atom is 0.228 e. The smallest absolute Gasteiger partial charge is 0.228 e. The Morgan fingerprint density at radius 1 is 1.00 bits per heavy atom. The topological polar surface area (TPSA) is 43.4 Å². The van der Waals surface area contributed by atoms with Crippen LogP contribution in [0, 0.1) is 0 Å². The van der Waals surface area contributed by atoms with E-state index < -0.39 is 0 Å². The molecule has 1 aliphatic carbocycles. The maximum absolute atomic E-state index is 12.5. The Labute approximate surface area is 142 Å². The van der Waals surface area contributed by atoms with Crippen LogP contribution < -0.4 is 0 Å². The van der Waals surface area contributed by atoms with E-state index in [2.05, 4.69) is 26.0 Å². The van der Waals surface area contributed by atoms with E-state index in [0.717, 1.165) is 12.0 Å². The molecule has 0 heterocycles. The van der Waals surface area contributed by atoms with Gasteiger partial charge in [0, 0.05) is 17.2 Å². The van der Waals surface area contributed by atoms with Crippen molar-refractivity contribution in [3.8, 4) is 0 Å². The Morgan fingerprint density at radius 2 is 1.75 bits per heavy atom. The van der Waals surface area contributed by atoms with Crippen molar-refractivity contribution in [2.75, 3.05) is 0 Å².